The van der Waals surface area contributed by atoms with E-state index < -0.39 is 0 Å². The van der Waals surface area contributed by atoms with E-state index in [0.29, 0.717) is 11.3 Å². The molecule has 104 valence electrons. The highest BCUT2D eigenvalue weighted by atomic mass is 15.3. The normalized spacial score (nSPS) is 18.8. The molecule has 0 bridgehead atoms. The fourth-order valence-corrected chi connectivity index (χ4v) is 2.03. The van der Waals surface area contributed by atoms with Gasteiger partial charge in [-0.3, -0.25) is 4.90 Å². The van der Waals surface area contributed by atoms with Crippen LogP contribution >= 0.6 is 0 Å². The van der Waals surface area contributed by atoms with Crippen LogP contribution in [-0.2, 0) is 0 Å². The van der Waals surface area contributed by atoms with Crippen LogP contribution < -0.4 is 0 Å². The van der Waals surface area contributed by atoms with Gasteiger partial charge in [0.05, 0.1) is 6.54 Å². The number of hydrogen-bond acceptors (Lipinski definition) is 2. The molecule has 2 heteroatoms. The van der Waals surface area contributed by atoms with Gasteiger partial charge in [-0.15, -0.1) is 0 Å². The molecule has 0 aromatic heterocycles. The lowest BCUT2D eigenvalue weighted by Gasteiger charge is -2.35. The Hall–Kier alpha value is -0.520. The van der Waals surface area contributed by atoms with Crippen molar-refractivity contribution in [1.29, 1.82) is 0 Å². The van der Waals surface area contributed by atoms with Crippen molar-refractivity contribution in [3.63, 3.8) is 0 Å². The largest absolute Gasteiger partial charge is 0.301 e. The molecule has 1 aliphatic rings. The van der Waals surface area contributed by atoms with E-state index in [4.69, 9.17) is 0 Å². The van der Waals surface area contributed by atoms with Crippen LogP contribution in [-0.4, -0.2) is 49.1 Å². The number of rotatable bonds is 3. The van der Waals surface area contributed by atoms with E-state index in [1.54, 1.807) is 0 Å². The first-order valence-corrected chi connectivity index (χ1v) is 7.30. The summed E-state index contributed by atoms with van der Waals surface area (Å²) in [5.74, 6) is 7.03. The van der Waals surface area contributed by atoms with Gasteiger partial charge in [-0.05, 0) is 18.4 Å². The van der Waals surface area contributed by atoms with Gasteiger partial charge in [0.2, 0.25) is 0 Å². The molecule has 0 radical (unpaired) electrons. The van der Waals surface area contributed by atoms with Gasteiger partial charge in [-0.1, -0.05) is 46.5 Å². The second-order valence-electron chi connectivity index (χ2n) is 6.90. The van der Waals surface area contributed by atoms with Crippen LogP contribution in [0.25, 0.3) is 0 Å². The molecule has 0 saturated carbocycles. The van der Waals surface area contributed by atoms with Crippen molar-refractivity contribution in [3.8, 4) is 11.8 Å². The zero-order valence-corrected chi connectivity index (χ0v) is 12.9. The molecule has 0 N–H and O–H groups in total. The van der Waals surface area contributed by atoms with E-state index in [2.05, 4.69) is 56.3 Å². The van der Waals surface area contributed by atoms with Crippen molar-refractivity contribution in [2.24, 2.45) is 11.3 Å². The molecule has 2 nitrogen and oxygen atoms in total. The van der Waals surface area contributed by atoms with E-state index in [9.17, 15) is 0 Å². The minimum Gasteiger partial charge on any atom is -0.301 e. The predicted octanol–water partition coefficient (Wildman–Crippen LogP) is 2.70. The molecule has 0 unspecified atom stereocenters. The van der Waals surface area contributed by atoms with Gasteiger partial charge in [-0.2, -0.15) is 0 Å². The zero-order valence-electron chi connectivity index (χ0n) is 12.9. The number of nitrogens with zero attached hydrogens (tertiary/aromatic N) is 2. The van der Waals surface area contributed by atoms with Gasteiger partial charge in [0.15, 0.2) is 0 Å². The third-order valence-electron chi connectivity index (χ3n) is 3.34. The molecule has 1 saturated heterocycles. The molecule has 1 aliphatic heterocycles. The summed E-state index contributed by atoms with van der Waals surface area (Å²) >= 11 is 0. The van der Waals surface area contributed by atoms with Crippen molar-refractivity contribution in [2.75, 3.05) is 39.3 Å². The smallest absolute Gasteiger partial charge is 0.0602 e. The first kappa shape index (κ1) is 15.5. The number of piperazine rings is 1. The van der Waals surface area contributed by atoms with Crippen molar-refractivity contribution < 1.29 is 0 Å². The SMILES string of the molecule is CC(C)C#CCN1CCN(CCC(C)(C)C)CC1. The number of hydrogen-bond donors (Lipinski definition) is 0. The van der Waals surface area contributed by atoms with Gasteiger partial charge in [0.25, 0.3) is 0 Å². The lowest BCUT2D eigenvalue weighted by Crippen LogP contribution is -2.47. The monoisotopic (exact) mass is 250 g/mol. The van der Waals surface area contributed by atoms with Crippen molar-refractivity contribution in [1.82, 2.24) is 9.80 Å². The summed E-state index contributed by atoms with van der Waals surface area (Å²) in [5, 5.41) is 0. The average molecular weight is 250 g/mol. The third-order valence-corrected chi connectivity index (χ3v) is 3.34. The van der Waals surface area contributed by atoms with E-state index in [1.165, 1.54) is 39.1 Å². The lowest BCUT2D eigenvalue weighted by atomic mass is 9.92. The summed E-state index contributed by atoms with van der Waals surface area (Å²) in [4.78, 5) is 5.07. The second-order valence-corrected chi connectivity index (χ2v) is 6.90. The molecule has 1 rings (SSSR count). The maximum Gasteiger partial charge on any atom is 0.0602 e. The fourth-order valence-electron chi connectivity index (χ4n) is 2.03. The van der Waals surface area contributed by atoms with Gasteiger partial charge < -0.3 is 4.90 Å². The summed E-state index contributed by atoms with van der Waals surface area (Å²) < 4.78 is 0. The lowest BCUT2D eigenvalue weighted by molar-refractivity contribution is 0.131. The summed E-state index contributed by atoms with van der Waals surface area (Å²) in [6.45, 7) is 18.2. The highest BCUT2D eigenvalue weighted by Gasteiger charge is 2.18. The van der Waals surface area contributed by atoms with Crippen molar-refractivity contribution in [2.45, 2.75) is 41.0 Å². The Morgan fingerprint density at radius 3 is 2.06 bits per heavy atom. The average Bonchev–Trinajstić information content (AvgIpc) is 2.26. The van der Waals surface area contributed by atoms with Gasteiger partial charge >= 0.3 is 0 Å². The summed E-state index contributed by atoms with van der Waals surface area (Å²) in [7, 11) is 0. The highest BCUT2D eigenvalue weighted by Crippen LogP contribution is 2.19. The van der Waals surface area contributed by atoms with Gasteiger partial charge in [0, 0.05) is 32.1 Å². The van der Waals surface area contributed by atoms with Crippen LogP contribution in [0.15, 0.2) is 0 Å². The second kappa shape index (κ2) is 7.16. The third kappa shape index (κ3) is 7.03. The van der Waals surface area contributed by atoms with Gasteiger partial charge in [-0.25, -0.2) is 0 Å². The molecule has 0 aromatic rings. The Labute approximate surface area is 114 Å². The highest BCUT2D eigenvalue weighted by molar-refractivity contribution is 5.03. The van der Waals surface area contributed by atoms with Gasteiger partial charge in [0.1, 0.15) is 0 Å². The van der Waals surface area contributed by atoms with E-state index in [0.717, 1.165) is 6.54 Å². The van der Waals surface area contributed by atoms with Crippen molar-refractivity contribution >= 4 is 0 Å². The van der Waals surface area contributed by atoms with E-state index in [-0.39, 0.29) is 0 Å². The Balaban J connectivity index is 2.19. The summed E-state index contributed by atoms with van der Waals surface area (Å²) in [6, 6.07) is 0. The minimum atomic E-state index is 0.458. The Morgan fingerprint density at radius 2 is 1.56 bits per heavy atom. The molecule has 0 amide bonds. The summed E-state index contributed by atoms with van der Waals surface area (Å²) in [5.41, 5.74) is 0.458. The van der Waals surface area contributed by atoms with Crippen LogP contribution in [0.4, 0.5) is 0 Å². The van der Waals surface area contributed by atoms with Crippen LogP contribution in [0.2, 0.25) is 0 Å². The molecular formula is C16H30N2. The molecule has 1 fully saturated rings. The maximum atomic E-state index is 3.28. The van der Waals surface area contributed by atoms with Crippen molar-refractivity contribution in [3.05, 3.63) is 0 Å². The minimum absolute atomic E-state index is 0.458. The van der Waals surface area contributed by atoms with Crippen LogP contribution in [0.5, 0.6) is 0 Å². The Morgan fingerprint density at radius 1 is 1.00 bits per heavy atom. The summed E-state index contributed by atoms with van der Waals surface area (Å²) in [6.07, 6.45) is 1.29. The predicted molar refractivity (Wildman–Crippen MR) is 79.6 cm³/mol. The quantitative estimate of drug-likeness (QED) is 0.711. The van der Waals surface area contributed by atoms with Crippen LogP contribution in [0.3, 0.4) is 0 Å². The zero-order chi connectivity index (χ0) is 13.6. The topological polar surface area (TPSA) is 6.48 Å². The molecule has 0 aliphatic carbocycles. The fraction of sp³-hybridized carbons (Fsp3) is 0.875. The first-order valence-electron chi connectivity index (χ1n) is 7.30. The Bertz CT molecular complexity index is 282. The Kier molecular flexibility index (Phi) is 6.18. The van der Waals surface area contributed by atoms with Crippen LogP contribution in [0, 0.1) is 23.2 Å². The maximum absolute atomic E-state index is 3.28. The molecule has 0 aromatic carbocycles. The van der Waals surface area contributed by atoms with Crippen LogP contribution in [0.1, 0.15) is 41.0 Å². The molecular weight excluding hydrogens is 220 g/mol. The van der Waals surface area contributed by atoms with E-state index >= 15 is 0 Å². The molecule has 1 heterocycles. The van der Waals surface area contributed by atoms with E-state index in [1.807, 2.05) is 0 Å². The molecule has 0 atom stereocenters. The first-order chi connectivity index (χ1) is 8.37. The molecule has 0 spiro atoms. The standard InChI is InChI=1S/C16H30N2/c1-15(2)7-6-9-17-11-13-18(14-12-17)10-8-16(3,4)5/h15H,8-14H2,1-5H3. The molecule has 18 heavy (non-hydrogen) atoms.